The monoisotopic (exact) mass is 464 g/mol. The molecule has 4 heterocycles. The number of furan rings is 1. The van der Waals surface area contributed by atoms with Crippen LogP contribution in [0.1, 0.15) is 12.2 Å². The van der Waals surface area contributed by atoms with Crippen LogP contribution < -0.4 is 0 Å². The average molecular weight is 465 g/mol. The number of rotatable bonds is 6. The number of hydrogen-bond acceptors (Lipinski definition) is 5. The number of sulfonamides is 1. The van der Waals surface area contributed by atoms with Crippen molar-refractivity contribution >= 4 is 27.0 Å². The Morgan fingerprint density at radius 2 is 1.79 bits per heavy atom. The van der Waals surface area contributed by atoms with Crippen LogP contribution in [-0.2, 0) is 21.2 Å². The number of H-pyrrole nitrogens is 1. The van der Waals surface area contributed by atoms with E-state index in [-0.39, 0.29) is 23.9 Å². The summed E-state index contributed by atoms with van der Waals surface area (Å²) in [6.07, 6.45) is 3.93. The van der Waals surface area contributed by atoms with Gasteiger partial charge in [0.15, 0.2) is 0 Å². The molecule has 0 unspecified atom stereocenters. The quantitative estimate of drug-likeness (QED) is 0.472. The van der Waals surface area contributed by atoms with Crippen molar-refractivity contribution in [3.8, 4) is 11.3 Å². The van der Waals surface area contributed by atoms with Crippen molar-refractivity contribution < 1.29 is 17.6 Å². The number of piperazine rings is 1. The lowest BCUT2D eigenvalue weighted by Gasteiger charge is -2.34. The lowest BCUT2D eigenvalue weighted by Crippen LogP contribution is -2.50. The van der Waals surface area contributed by atoms with E-state index in [0.717, 1.165) is 17.1 Å². The number of amides is 1. The zero-order chi connectivity index (χ0) is 22.8. The molecule has 1 aliphatic heterocycles. The summed E-state index contributed by atoms with van der Waals surface area (Å²) in [6.45, 7) is 1.26. The predicted molar refractivity (Wildman–Crippen MR) is 124 cm³/mol. The van der Waals surface area contributed by atoms with Crippen molar-refractivity contribution in [2.45, 2.75) is 17.7 Å². The van der Waals surface area contributed by atoms with Gasteiger partial charge < -0.3 is 14.3 Å². The third kappa shape index (κ3) is 4.29. The van der Waals surface area contributed by atoms with Gasteiger partial charge >= 0.3 is 0 Å². The standard InChI is InChI=1S/C24H24N4O4S/c29-23(11-9-19-8-10-21(32-19)18-5-2-1-3-6-18)27-13-15-28(16-14-27)33(30,31)22-17-26-24-20(22)7-4-12-25-24/h1-8,10,12,17H,9,11,13-16H2,(H,25,26). The molecule has 33 heavy (non-hydrogen) atoms. The van der Waals surface area contributed by atoms with Gasteiger partial charge in [0.2, 0.25) is 15.9 Å². The van der Waals surface area contributed by atoms with Crippen molar-refractivity contribution in [3.63, 3.8) is 0 Å². The van der Waals surface area contributed by atoms with Crippen LogP contribution in [0.2, 0.25) is 0 Å². The first-order valence-electron chi connectivity index (χ1n) is 10.9. The minimum atomic E-state index is -3.66. The summed E-state index contributed by atoms with van der Waals surface area (Å²) in [5.41, 5.74) is 1.54. The van der Waals surface area contributed by atoms with Crippen LogP contribution in [0.4, 0.5) is 0 Å². The van der Waals surface area contributed by atoms with E-state index < -0.39 is 10.0 Å². The molecular weight excluding hydrogens is 440 g/mol. The molecule has 0 spiro atoms. The number of carbonyl (C=O) groups is 1. The van der Waals surface area contributed by atoms with Gasteiger partial charge in [-0.2, -0.15) is 4.31 Å². The number of aromatic amines is 1. The molecule has 1 aromatic carbocycles. The number of aromatic nitrogens is 2. The van der Waals surface area contributed by atoms with Crippen molar-refractivity contribution in [3.05, 3.63) is 72.8 Å². The van der Waals surface area contributed by atoms with E-state index in [1.54, 1.807) is 23.2 Å². The first-order chi connectivity index (χ1) is 16.0. The zero-order valence-electron chi connectivity index (χ0n) is 18.0. The highest BCUT2D eigenvalue weighted by Crippen LogP contribution is 2.26. The summed E-state index contributed by atoms with van der Waals surface area (Å²) < 4.78 is 33.6. The van der Waals surface area contributed by atoms with Gasteiger partial charge in [-0.3, -0.25) is 4.79 Å². The van der Waals surface area contributed by atoms with Crippen molar-refractivity contribution in [2.75, 3.05) is 26.2 Å². The highest BCUT2D eigenvalue weighted by molar-refractivity contribution is 7.89. The summed E-state index contributed by atoms with van der Waals surface area (Å²) in [5, 5.41) is 0.573. The molecule has 1 fully saturated rings. The fourth-order valence-electron chi connectivity index (χ4n) is 4.12. The number of pyridine rings is 1. The van der Waals surface area contributed by atoms with E-state index in [2.05, 4.69) is 9.97 Å². The maximum atomic E-state index is 13.1. The maximum absolute atomic E-state index is 13.1. The number of hydrogen-bond donors (Lipinski definition) is 1. The molecular formula is C24H24N4O4S. The largest absolute Gasteiger partial charge is 0.461 e. The minimum Gasteiger partial charge on any atom is -0.461 e. The fourth-order valence-corrected chi connectivity index (χ4v) is 5.69. The molecule has 9 heteroatoms. The molecule has 5 rings (SSSR count). The van der Waals surface area contributed by atoms with E-state index in [1.807, 2.05) is 42.5 Å². The highest BCUT2D eigenvalue weighted by Gasteiger charge is 2.31. The highest BCUT2D eigenvalue weighted by atomic mass is 32.2. The molecule has 0 aliphatic carbocycles. The first kappa shape index (κ1) is 21.4. The summed E-state index contributed by atoms with van der Waals surface area (Å²) in [5.74, 6) is 1.54. The number of carbonyl (C=O) groups excluding carboxylic acids is 1. The van der Waals surface area contributed by atoms with Crippen molar-refractivity contribution in [1.29, 1.82) is 0 Å². The predicted octanol–water partition coefficient (Wildman–Crippen LogP) is 3.29. The Balaban J connectivity index is 1.17. The molecule has 1 N–H and O–H groups in total. The molecule has 1 saturated heterocycles. The van der Waals surface area contributed by atoms with E-state index in [9.17, 15) is 13.2 Å². The van der Waals surface area contributed by atoms with Gasteiger partial charge in [-0.05, 0) is 24.3 Å². The van der Waals surface area contributed by atoms with E-state index in [0.29, 0.717) is 37.0 Å². The zero-order valence-corrected chi connectivity index (χ0v) is 18.8. The molecule has 170 valence electrons. The molecule has 0 radical (unpaired) electrons. The van der Waals surface area contributed by atoms with Gasteiger partial charge in [0.1, 0.15) is 22.1 Å². The van der Waals surface area contributed by atoms with E-state index in [4.69, 9.17) is 4.42 Å². The van der Waals surface area contributed by atoms with Crippen molar-refractivity contribution in [1.82, 2.24) is 19.2 Å². The third-order valence-corrected chi connectivity index (χ3v) is 7.87. The molecule has 1 aliphatic rings. The maximum Gasteiger partial charge on any atom is 0.245 e. The average Bonchev–Trinajstić information content (AvgIpc) is 3.51. The molecule has 3 aromatic heterocycles. The van der Waals surface area contributed by atoms with Crippen molar-refractivity contribution in [2.24, 2.45) is 0 Å². The third-order valence-electron chi connectivity index (χ3n) is 5.93. The smallest absolute Gasteiger partial charge is 0.245 e. The Labute approximate surface area is 191 Å². The summed E-state index contributed by atoms with van der Waals surface area (Å²) >= 11 is 0. The second kappa shape index (κ2) is 8.84. The van der Waals surface area contributed by atoms with E-state index in [1.165, 1.54) is 10.5 Å². The molecule has 8 nitrogen and oxygen atoms in total. The minimum absolute atomic E-state index is 0.000929. The SMILES string of the molecule is O=C(CCc1ccc(-c2ccccc2)o1)N1CCN(S(=O)(=O)c2c[nH]c3ncccc23)CC1. The lowest BCUT2D eigenvalue weighted by molar-refractivity contribution is -0.132. The van der Waals surface area contributed by atoms with Crippen LogP contribution in [0.25, 0.3) is 22.4 Å². The van der Waals surface area contributed by atoms with Crippen LogP contribution >= 0.6 is 0 Å². The second-order valence-electron chi connectivity index (χ2n) is 7.97. The molecule has 0 atom stereocenters. The van der Waals surface area contributed by atoms with Gasteiger partial charge in [-0.15, -0.1) is 0 Å². The second-order valence-corrected chi connectivity index (χ2v) is 9.88. The van der Waals surface area contributed by atoms with E-state index >= 15 is 0 Å². The van der Waals surface area contributed by atoms with Gasteiger partial charge in [-0.1, -0.05) is 30.3 Å². The molecule has 4 aromatic rings. The normalized spacial score (nSPS) is 15.2. The molecule has 1 amide bonds. The van der Waals surface area contributed by atoms with Gasteiger partial charge in [-0.25, -0.2) is 13.4 Å². The Morgan fingerprint density at radius 3 is 2.58 bits per heavy atom. The topological polar surface area (TPSA) is 99.5 Å². The van der Waals surface area contributed by atoms with Gasteiger partial charge in [0.05, 0.1) is 0 Å². The number of nitrogens with zero attached hydrogens (tertiary/aromatic N) is 3. The lowest BCUT2D eigenvalue weighted by atomic mass is 10.2. The number of fused-ring (bicyclic) bond motifs is 1. The summed E-state index contributed by atoms with van der Waals surface area (Å²) in [6, 6.07) is 17.1. The Hall–Kier alpha value is -3.43. The number of benzene rings is 1. The summed E-state index contributed by atoms with van der Waals surface area (Å²) in [4.78, 5) is 21.7. The Kier molecular flexibility index (Phi) is 5.74. The number of aryl methyl sites for hydroxylation is 1. The van der Waals surface area contributed by atoms with Crippen LogP contribution in [0.5, 0.6) is 0 Å². The molecule has 0 saturated carbocycles. The Bertz CT molecular complexity index is 1370. The number of nitrogens with one attached hydrogen (secondary N) is 1. The molecule has 0 bridgehead atoms. The van der Waals surface area contributed by atoms with Crippen LogP contribution in [0.15, 0.2) is 76.3 Å². The van der Waals surface area contributed by atoms with Gasteiger partial charge in [0.25, 0.3) is 0 Å². The fraction of sp³-hybridized carbons (Fsp3) is 0.250. The van der Waals surface area contributed by atoms with Crippen LogP contribution in [0, 0.1) is 0 Å². The van der Waals surface area contributed by atoms with Crippen LogP contribution in [-0.4, -0.2) is 59.7 Å². The van der Waals surface area contributed by atoms with Gasteiger partial charge in [0, 0.05) is 62.4 Å². The van der Waals surface area contributed by atoms with Crippen LogP contribution in [0.3, 0.4) is 0 Å². The summed E-state index contributed by atoms with van der Waals surface area (Å²) in [7, 11) is -3.66. The first-order valence-corrected chi connectivity index (χ1v) is 12.3. The Morgan fingerprint density at radius 1 is 1.00 bits per heavy atom.